The van der Waals surface area contributed by atoms with Crippen molar-refractivity contribution in [3.63, 3.8) is 0 Å². The quantitative estimate of drug-likeness (QED) is 0.927. The second kappa shape index (κ2) is 5.94. The summed E-state index contributed by atoms with van der Waals surface area (Å²) < 4.78 is 64.7. The van der Waals surface area contributed by atoms with Crippen molar-refractivity contribution in [1.82, 2.24) is 9.62 Å². The first kappa shape index (κ1) is 16.3. The lowest BCUT2D eigenvalue weighted by Crippen LogP contribution is -2.43. The summed E-state index contributed by atoms with van der Waals surface area (Å²) in [6.45, 7) is 1.52. The van der Waals surface area contributed by atoms with Gasteiger partial charge in [-0.05, 0) is 51.2 Å². The van der Waals surface area contributed by atoms with Crippen molar-refractivity contribution in [3.05, 3.63) is 29.8 Å². The standard InChI is InChI=1S/C13H17F3N2O2S/c1-18-7-5-11(6-8-18)17-21(19,20)12-4-2-3-10(9-12)13(14,15)16/h2-4,9,11,17H,5-8H2,1H3. The van der Waals surface area contributed by atoms with E-state index in [2.05, 4.69) is 9.62 Å². The van der Waals surface area contributed by atoms with Crippen molar-refractivity contribution in [1.29, 1.82) is 0 Å². The molecule has 0 saturated carbocycles. The van der Waals surface area contributed by atoms with Gasteiger partial charge in [0, 0.05) is 6.04 Å². The van der Waals surface area contributed by atoms with Crippen molar-refractivity contribution >= 4 is 10.0 Å². The average molecular weight is 322 g/mol. The van der Waals surface area contributed by atoms with Gasteiger partial charge in [-0.3, -0.25) is 0 Å². The molecule has 118 valence electrons. The van der Waals surface area contributed by atoms with Gasteiger partial charge in [0.25, 0.3) is 0 Å². The topological polar surface area (TPSA) is 49.4 Å². The first-order valence-corrected chi connectivity index (χ1v) is 8.05. The molecule has 0 bridgehead atoms. The molecule has 2 rings (SSSR count). The SMILES string of the molecule is CN1CCC(NS(=O)(=O)c2cccc(C(F)(F)F)c2)CC1. The summed E-state index contributed by atoms with van der Waals surface area (Å²) in [4.78, 5) is 1.73. The predicted molar refractivity (Wildman–Crippen MR) is 72.3 cm³/mol. The Balaban J connectivity index is 2.16. The molecule has 1 aromatic rings. The van der Waals surface area contributed by atoms with Crippen molar-refractivity contribution < 1.29 is 21.6 Å². The number of sulfonamides is 1. The van der Waals surface area contributed by atoms with Crippen molar-refractivity contribution in [3.8, 4) is 0 Å². The third-order valence-corrected chi connectivity index (χ3v) is 5.03. The Bertz CT molecular complexity index is 594. The Morgan fingerprint density at radius 3 is 2.43 bits per heavy atom. The van der Waals surface area contributed by atoms with Crippen LogP contribution in [0.2, 0.25) is 0 Å². The molecule has 0 spiro atoms. The van der Waals surface area contributed by atoms with Crippen LogP contribution < -0.4 is 4.72 Å². The van der Waals surface area contributed by atoms with E-state index < -0.39 is 21.8 Å². The summed E-state index contributed by atoms with van der Waals surface area (Å²) in [5.74, 6) is 0. The summed E-state index contributed by atoms with van der Waals surface area (Å²) in [6.07, 6.45) is -3.26. The molecule has 8 heteroatoms. The van der Waals surface area contributed by atoms with E-state index in [1.165, 1.54) is 6.07 Å². The minimum Gasteiger partial charge on any atom is -0.306 e. The van der Waals surface area contributed by atoms with Crippen molar-refractivity contribution in [2.75, 3.05) is 20.1 Å². The molecule has 1 saturated heterocycles. The predicted octanol–water partition coefficient (Wildman–Crippen LogP) is 2.08. The molecule has 1 heterocycles. The summed E-state index contributed by atoms with van der Waals surface area (Å²) >= 11 is 0. The summed E-state index contributed by atoms with van der Waals surface area (Å²) in [5, 5.41) is 0. The Kier molecular flexibility index (Phi) is 4.60. The van der Waals surface area contributed by atoms with E-state index in [9.17, 15) is 21.6 Å². The molecule has 0 unspecified atom stereocenters. The number of alkyl halides is 3. The lowest BCUT2D eigenvalue weighted by atomic mass is 10.1. The highest BCUT2D eigenvalue weighted by Gasteiger charge is 2.32. The van der Waals surface area contributed by atoms with Gasteiger partial charge in [0.15, 0.2) is 0 Å². The lowest BCUT2D eigenvalue weighted by Gasteiger charge is -2.29. The number of nitrogens with one attached hydrogen (secondary N) is 1. The van der Waals surface area contributed by atoms with Gasteiger partial charge in [-0.15, -0.1) is 0 Å². The molecule has 0 aliphatic carbocycles. The first-order chi connectivity index (χ1) is 9.68. The molecular weight excluding hydrogens is 305 g/mol. The van der Waals surface area contributed by atoms with Gasteiger partial charge in [-0.25, -0.2) is 13.1 Å². The van der Waals surface area contributed by atoms with Crippen LogP contribution >= 0.6 is 0 Å². The molecule has 21 heavy (non-hydrogen) atoms. The summed E-state index contributed by atoms with van der Waals surface area (Å²) in [7, 11) is -1.99. The van der Waals surface area contributed by atoms with E-state index in [1.54, 1.807) is 0 Å². The molecular formula is C13H17F3N2O2S. The van der Waals surface area contributed by atoms with Crippen LogP contribution in [0.3, 0.4) is 0 Å². The molecule has 1 aliphatic rings. The van der Waals surface area contributed by atoms with Gasteiger partial charge >= 0.3 is 6.18 Å². The maximum absolute atomic E-state index is 12.6. The number of piperidine rings is 1. The number of halogens is 3. The zero-order chi connectivity index (χ0) is 15.7. The van der Waals surface area contributed by atoms with Gasteiger partial charge in [0.05, 0.1) is 10.5 Å². The molecule has 0 atom stereocenters. The smallest absolute Gasteiger partial charge is 0.306 e. The highest BCUT2D eigenvalue weighted by molar-refractivity contribution is 7.89. The van der Waals surface area contributed by atoms with Crippen LogP contribution in [0.1, 0.15) is 18.4 Å². The van der Waals surface area contributed by atoms with Gasteiger partial charge in [0.1, 0.15) is 0 Å². The van der Waals surface area contributed by atoms with E-state index in [0.29, 0.717) is 18.9 Å². The number of rotatable bonds is 3. The lowest BCUT2D eigenvalue weighted by molar-refractivity contribution is -0.137. The normalized spacial score (nSPS) is 18.9. The number of hydrogen-bond donors (Lipinski definition) is 1. The first-order valence-electron chi connectivity index (χ1n) is 6.56. The van der Waals surface area contributed by atoms with Crippen molar-refractivity contribution in [2.24, 2.45) is 0 Å². The molecule has 0 aromatic heterocycles. The Hall–Kier alpha value is -1.12. The fourth-order valence-electron chi connectivity index (χ4n) is 2.25. The van der Waals surface area contributed by atoms with Gasteiger partial charge < -0.3 is 4.90 Å². The number of nitrogens with zero attached hydrogens (tertiary/aromatic N) is 1. The van der Waals surface area contributed by atoms with E-state index in [0.717, 1.165) is 25.2 Å². The Labute approximate surface area is 122 Å². The van der Waals surface area contributed by atoms with Crippen LogP contribution in [0.25, 0.3) is 0 Å². The third-order valence-electron chi connectivity index (χ3n) is 3.51. The fourth-order valence-corrected chi connectivity index (χ4v) is 3.60. The zero-order valence-corrected chi connectivity index (χ0v) is 12.3. The maximum atomic E-state index is 12.6. The monoisotopic (exact) mass is 322 g/mol. The minimum absolute atomic E-state index is 0.235. The second-order valence-electron chi connectivity index (χ2n) is 5.22. The van der Waals surface area contributed by atoms with E-state index in [4.69, 9.17) is 0 Å². The van der Waals surface area contributed by atoms with Gasteiger partial charge in [-0.1, -0.05) is 6.07 Å². The molecule has 0 radical (unpaired) electrons. The average Bonchev–Trinajstić information content (AvgIpc) is 2.40. The molecule has 1 aromatic carbocycles. The van der Waals surface area contributed by atoms with Gasteiger partial charge in [-0.2, -0.15) is 13.2 Å². The Morgan fingerprint density at radius 1 is 1.24 bits per heavy atom. The maximum Gasteiger partial charge on any atom is 0.416 e. The fraction of sp³-hybridized carbons (Fsp3) is 0.538. The van der Waals surface area contributed by atoms with Crippen LogP contribution in [0.5, 0.6) is 0 Å². The summed E-state index contributed by atoms with van der Waals surface area (Å²) in [5.41, 5.74) is -0.964. The van der Waals surface area contributed by atoms with E-state index >= 15 is 0 Å². The van der Waals surface area contributed by atoms with Gasteiger partial charge in [0.2, 0.25) is 10.0 Å². The van der Waals surface area contributed by atoms with Crippen LogP contribution in [0, 0.1) is 0 Å². The Morgan fingerprint density at radius 2 is 1.86 bits per heavy atom. The summed E-state index contributed by atoms with van der Waals surface area (Å²) in [6, 6.07) is 3.56. The van der Waals surface area contributed by atoms with Crippen LogP contribution in [0.4, 0.5) is 13.2 Å². The minimum atomic E-state index is -4.56. The number of benzene rings is 1. The van der Waals surface area contributed by atoms with Crippen molar-refractivity contribution in [2.45, 2.75) is 30.0 Å². The van der Waals surface area contributed by atoms with Crippen LogP contribution in [-0.2, 0) is 16.2 Å². The molecule has 0 amide bonds. The highest BCUT2D eigenvalue weighted by Crippen LogP contribution is 2.30. The molecule has 1 N–H and O–H groups in total. The molecule has 1 fully saturated rings. The van der Waals surface area contributed by atoms with E-state index in [1.807, 2.05) is 7.05 Å². The largest absolute Gasteiger partial charge is 0.416 e. The second-order valence-corrected chi connectivity index (χ2v) is 6.94. The number of hydrogen-bond acceptors (Lipinski definition) is 3. The highest BCUT2D eigenvalue weighted by atomic mass is 32.2. The van der Waals surface area contributed by atoms with Crippen LogP contribution in [0.15, 0.2) is 29.2 Å². The zero-order valence-electron chi connectivity index (χ0n) is 11.5. The third kappa shape index (κ3) is 4.18. The molecule has 4 nitrogen and oxygen atoms in total. The van der Waals surface area contributed by atoms with E-state index in [-0.39, 0.29) is 10.9 Å². The number of likely N-dealkylation sites (tertiary alicyclic amines) is 1. The molecule has 1 aliphatic heterocycles. The van der Waals surface area contributed by atoms with Crippen LogP contribution in [-0.4, -0.2) is 39.5 Å².